The van der Waals surface area contributed by atoms with Crippen LogP contribution in [0.15, 0.2) is 28.7 Å². The molecular formula is C16H23BrN2O2. The summed E-state index contributed by atoms with van der Waals surface area (Å²) in [5.41, 5.74) is 6.60. The zero-order valence-corrected chi connectivity index (χ0v) is 14.0. The van der Waals surface area contributed by atoms with Crippen LogP contribution >= 0.6 is 15.9 Å². The predicted molar refractivity (Wildman–Crippen MR) is 87.0 cm³/mol. The molecule has 1 aliphatic rings. The largest absolute Gasteiger partial charge is 0.381 e. The van der Waals surface area contributed by atoms with E-state index in [4.69, 9.17) is 10.5 Å². The number of carbonyl (C=O) groups is 1. The second-order valence-electron chi connectivity index (χ2n) is 5.77. The summed E-state index contributed by atoms with van der Waals surface area (Å²) in [6.07, 6.45) is 2.21. The van der Waals surface area contributed by atoms with Gasteiger partial charge in [-0.25, -0.2) is 0 Å². The van der Waals surface area contributed by atoms with E-state index < -0.39 is 5.41 Å². The molecule has 0 bridgehead atoms. The molecule has 4 nitrogen and oxygen atoms in total. The minimum absolute atomic E-state index is 0.0628. The Hall–Kier alpha value is -0.910. The standard InChI is InChI=1S/C16H23BrN2O2/c1-12(10-13-4-2-3-5-14(13)17)19-15(20)16(11-18)6-8-21-9-7-16/h2-5,12H,6-11,18H2,1H3,(H,19,20). The highest BCUT2D eigenvalue weighted by atomic mass is 79.9. The van der Waals surface area contributed by atoms with Crippen LogP contribution in [0, 0.1) is 5.41 Å². The number of benzene rings is 1. The fourth-order valence-corrected chi connectivity index (χ4v) is 3.15. The van der Waals surface area contributed by atoms with Crippen molar-refractivity contribution in [1.82, 2.24) is 5.32 Å². The Morgan fingerprint density at radius 1 is 1.43 bits per heavy atom. The molecule has 0 spiro atoms. The molecule has 1 saturated heterocycles. The van der Waals surface area contributed by atoms with Gasteiger partial charge in [-0.3, -0.25) is 4.79 Å². The molecule has 1 fully saturated rings. The van der Waals surface area contributed by atoms with Crippen LogP contribution in [0.3, 0.4) is 0 Å². The number of rotatable bonds is 5. The van der Waals surface area contributed by atoms with E-state index >= 15 is 0 Å². The van der Waals surface area contributed by atoms with Crippen molar-refractivity contribution in [3.05, 3.63) is 34.3 Å². The van der Waals surface area contributed by atoms with E-state index in [1.807, 2.05) is 25.1 Å². The van der Waals surface area contributed by atoms with E-state index in [2.05, 4.69) is 27.3 Å². The van der Waals surface area contributed by atoms with Gasteiger partial charge in [0.05, 0.1) is 5.41 Å². The van der Waals surface area contributed by atoms with Crippen molar-refractivity contribution in [2.24, 2.45) is 11.1 Å². The van der Waals surface area contributed by atoms with Crippen LogP contribution in [0.1, 0.15) is 25.3 Å². The molecule has 1 heterocycles. The molecule has 0 aliphatic carbocycles. The van der Waals surface area contributed by atoms with Crippen LogP contribution in [-0.2, 0) is 16.0 Å². The quantitative estimate of drug-likeness (QED) is 0.852. The van der Waals surface area contributed by atoms with Crippen LogP contribution in [0.25, 0.3) is 0 Å². The molecular weight excluding hydrogens is 332 g/mol. The number of halogens is 1. The van der Waals surface area contributed by atoms with E-state index in [1.165, 1.54) is 5.56 Å². The minimum Gasteiger partial charge on any atom is -0.381 e. The van der Waals surface area contributed by atoms with Crippen molar-refractivity contribution in [3.8, 4) is 0 Å². The van der Waals surface area contributed by atoms with Gasteiger partial charge < -0.3 is 15.8 Å². The third-order valence-corrected chi connectivity index (χ3v) is 4.96. The van der Waals surface area contributed by atoms with E-state index in [-0.39, 0.29) is 11.9 Å². The molecule has 0 saturated carbocycles. The summed E-state index contributed by atoms with van der Waals surface area (Å²) >= 11 is 3.54. The fourth-order valence-electron chi connectivity index (χ4n) is 2.71. The first-order valence-electron chi connectivity index (χ1n) is 7.39. The number of hydrogen-bond donors (Lipinski definition) is 2. The highest BCUT2D eigenvalue weighted by Crippen LogP contribution is 2.29. The van der Waals surface area contributed by atoms with Gasteiger partial charge in [0.1, 0.15) is 0 Å². The molecule has 21 heavy (non-hydrogen) atoms. The highest BCUT2D eigenvalue weighted by molar-refractivity contribution is 9.10. The number of amides is 1. The summed E-state index contributed by atoms with van der Waals surface area (Å²) < 4.78 is 6.43. The summed E-state index contributed by atoms with van der Waals surface area (Å²) in [6.45, 7) is 3.64. The first kappa shape index (κ1) is 16.5. The zero-order valence-electron chi connectivity index (χ0n) is 12.4. The minimum atomic E-state index is -0.458. The average molecular weight is 355 g/mol. The molecule has 1 unspecified atom stereocenters. The van der Waals surface area contributed by atoms with E-state index in [0.717, 1.165) is 10.9 Å². The second kappa shape index (κ2) is 7.38. The van der Waals surface area contributed by atoms with Crippen LogP contribution in [0.5, 0.6) is 0 Å². The lowest BCUT2D eigenvalue weighted by atomic mass is 9.79. The maximum Gasteiger partial charge on any atom is 0.227 e. The molecule has 116 valence electrons. The Labute approximate surface area is 134 Å². The third kappa shape index (κ3) is 4.05. The smallest absolute Gasteiger partial charge is 0.227 e. The Bertz CT molecular complexity index is 487. The topological polar surface area (TPSA) is 64.4 Å². The molecule has 3 N–H and O–H groups in total. The molecule has 1 aliphatic heterocycles. The number of carbonyl (C=O) groups excluding carboxylic acids is 1. The summed E-state index contributed by atoms with van der Waals surface area (Å²) in [6, 6.07) is 8.16. The van der Waals surface area contributed by atoms with Gasteiger partial charge in [-0.05, 0) is 37.8 Å². The van der Waals surface area contributed by atoms with Crippen LogP contribution in [0.4, 0.5) is 0 Å². The van der Waals surface area contributed by atoms with Gasteiger partial charge in [0.25, 0.3) is 0 Å². The van der Waals surface area contributed by atoms with Crippen molar-refractivity contribution >= 4 is 21.8 Å². The highest BCUT2D eigenvalue weighted by Gasteiger charge is 2.39. The normalized spacial score (nSPS) is 19.0. The van der Waals surface area contributed by atoms with Gasteiger partial charge in [0.2, 0.25) is 5.91 Å². The summed E-state index contributed by atoms with van der Waals surface area (Å²) in [7, 11) is 0. The van der Waals surface area contributed by atoms with E-state index in [9.17, 15) is 4.79 Å². The van der Waals surface area contributed by atoms with Crippen molar-refractivity contribution in [3.63, 3.8) is 0 Å². The average Bonchev–Trinajstić information content (AvgIpc) is 2.50. The van der Waals surface area contributed by atoms with Crippen LogP contribution < -0.4 is 11.1 Å². The van der Waals surface area contributed by atoms with E-state index in [1.54, 1.807) is 0 Å². The van der Waals surface area contributed by atoms with Crippen molar-refractivity contribution in [1.29, 1.82) is 0 Å². The molecule has 2 rings (SSSR count). The number of nitrogens with two attached hydrogens (primary N) is 1. The van der Waals surface area contributed by atoms with Crippen molar-refractivity contribution < 1.29 is 9.53 Å². The van der Waals surface area contributed by atoms with Gasteiger partial charge in [-0.1, -0.05) is 34.1 Å². The SMILES string of the molecule is CC(Cc1ccccc1Br)NC(=O)C1(CN)CCOCC1. The second-order valence-corrected chi connectivity index (χ2v) is 6.62. The number of nitrogens with one attached hydrogen (secondary N) is 1. The van der Waals surface area contributed by atoms with Crippen LogP contribution in [0.2, 0.25) is 0 Å². The maximum atomic E-state index is 12.6. The summed E-state index contributed by atoms with van der Waals surface area (Å²) in [4.78, 5) is 12.6. The monoisotopic (exact) mass is 354 g/mol. The first-order chi connectivity index (χ1) is 10.1. The van der Waals surface area contributed by atoms with Gasteiger partial charge in [-0.2, -0.15) is 0 Å². The van der Waals surface area contributed by atoms with E-state index in [0.29, 0.717) is 32.6 Å². The third-order valence-electron chi connectivity index (χ3n) is 4.18. The molecule has 0 aromatic heterocycles. The maximum absolute atomic E-state index is 12.6. The van der Waals surface area contributed by atoms with Gasteiger partial charge >= 0.3 is 0 Å². The van der Waals surface area contributed by atoms with Crippen molar-refractivity contribution in [2.45, 2.75) is 32.2 Å². The molecule has 1 atom stereocenters. The Morgan fingerprint density at radius 2 is 2.10 bits per heavy atom. The van der Waals surface area contributed by atoms with Gasteiger partial charge in [-0.15, -0.1) is 0 Å². The first-order valence-corrected chi connectivity index (χ1v) is 8.19. The number of hydrogen-bond acceptors (Lipinski definition) is 3. The molecule has 1 amide bonds. The summed E-state index contributed by atoms with van der Waals surface area (Å²) in [5.74, 6) is 0.0628. The number of ether oxygens (including phenoxy) is 1. The Kier molecular flexibility index (Phi) is 5.79. The molecule has 5 heteroatoms. The lowest BCUT2D eigenvalue weighted by molar-refractivity contribution is -0.136. The van der Waals surface area contributed by atoms with Crippen molar-refractivity contribution in [2.75, 3.05) is 19.8 Å². The molecule has 0 radical (unpaired) electrons. The molecule has 1 aromatic rings. The lowest BCUT2D eigenvalue weighted by Crippen LogP contribution is -2.51. The lowest BCUT2D eigenvalue weighted by Gasteiger charge is -2.35. The predicted octanol–water partition coefficient (Wildman–Crippen LogP) is 2.25. The summed E-state index contributed by atoms with van der Waals surface area (Å²) in [5, 5.41) is 3.12. The van der Waals surface area contributed by atoms with Crippen LogP contribution in [-0.4, -0.2) is 31.7 Å². The Balaban J connectivity index is 1.97. The van der Waals surface area contributed by atoms with Gasteiger partial charge in [0.15, 0.2) is 0 Å². The fraction of sp³-hybridized carbons (Fsp3) is 0.562. The Morgan fingerprint density at radius 3 is 2.71 bits per heavy atom. The zero-order chi connectivity index (χ0) is 15.3. The molecule has 1 aromatic carbocycles. The van der Waals surface area contributed by atoms with Gasteiger partial charge in [0, 0.05) is 30.3 Å².